The highest BCUT2D eigenvalue weighted by molar-refractivity contribution is 6.91. The zero-order chi connectivity index (χ0) is 39.0. The van der Waals surface area contributed by atoms with Crippen molar-refractivity contribution in [2.75, 3.05) is 30.5 Å². The number of aromatic nitrogens is 3. The Bertz CT molecular complexity index is 2180. The van der Waals surface area contributed by atoms with Gasteiger partial charge < -0.3 is 25.2 Å². The number of methoxy groups -OCH3 is 1. The second-order valence-electron chi connectivity index (χ2n) is 15.8. The van der Waals surface area contributed by atoms with Crippen molar-refractivity contribution in [3.8, 4) is 5.75 Å². The number of aliphatic hydroxyl groups excluding tert-OH is 1. The second-order valence-corrected chi connectivity index (χ2v) is 20.5. The van der Waals surface area contributed by atoms with Gasteiger partial charge in [0.2, 0.25) is 5.91 Å². The molecule has 5 aromatic rings. The Morgan fingerprint density at radius 2 is 1.79 bits per heavy atom. The molecule has 11 nitrogen and oxygen atoms in total. The Hall–Kier alpha value is -5.14. The van der Waals surface area contributed by atoms with Crippen molar-refractivity contribution in [1.82, 2.24) is 20.3 Å². The predicted octanol–water partition coefficient (Wildman–Crippen LogP) is 6.09. The number of hydrogen-bond acceptors (Lipinski definition) is 8. The molecule has 3 aliphatic heterocycles. The van der Waals surface area contributed by atoms with Crippen molar-refractivity contribution < 1.29 is 24.2 Å². The van der Waals surface area contributed by atoms with E-state index in [1.807, 2.05) is 102 Å². The summed E-state index contributed by atoms with van der Waals surface area (Å²) in [6.07, 6.45) is 3.91. The Labute approximate surface area is 329 Å². The van der Waals surface area contributed by atoms with Crippen molar-refractivity contribution in [3.63, 3.8) is 0 Å². The minimum atomic E-state index is -2.42. The molecule has 0 radical (unpaired) electrons. The van der Waals surface area contributed by atoms with Crippen LogP contribution < -0.4 is 25.5 Å². The van der Waals surface area contributed by atoms with Crippen LogP contribution in [0.4, 0.5) is 17.1 Å². The van der Waals surface area contributed by atoms with Crippen molar-refractivity contribution in [1.29, 1.82) is 0 Å². The molecule has 2 amide bonds. The number of rotatable bonds is 12. The van der Waals surface area contributed by atoms with E-state index in [0.717, 1.165) is 47.6 Å². The number of anilines is 3. The lowest BCUT2D eigenvalue weighted by Gasteiger charge is -2.37. The molecule has 0 saturated carbocycles. The molecule has 2 saturated heterocycles. The highest BCUT2D eigenvalue weighted by Crippen LogP contribution is 2.61. The Morgan fingerprint density at radius 3 is 2.46 bits per heavy atom. The molecule has 0 bridgehead atoms. The number of para-hydroxylation sites is 1. The molecule has 6 atom stereocenters. The Kier molecular flexibility index (Phi) is 10.4. The van der Waals surface area contributed by atoms with E-state index in [0.29, 0.717) is 24.3 Å². The van der Waals surface area contributed by atoms with Crippen LogP contribution in [0.3, 0.4) is 0 Å². The lowest BCUT2D eigenvalue weighted by atomic mass is 9.82. The molecule has 3 N–H and O–H groups in total. The lowest BCUT2D eigenvalue weighted by molar-refractivity contribution is -0.145. The number of hydrogen-bond donors (Lipinski definition) is 3. The third-order valence-corrected chi connectivity index (χ3v) is 16.7. The Balaban J connectivity index is 1.19. The summed E-state index contributed by atoms with van der Waals surface area (Å²) in [4.78, 5) is 30.5. The zero-order valence-corrected chi connectivity index (χ0v) is 33.4. The summed E-state index contributed by atoms with van der Waals surface area (Å²) in [7, 11) is -0.748. The van der Waals surface area contributed by atoms with Crippen molar-refractivity contribution in [2.45, 2.75) is 75.0 Å². The molecule has 4 aromatic carbocycles. The van der Waals surface area contributed by atoms with Crippen LogP contribution >= 0.6 is 0 Å². The maximum absolute atomic E-state index is 15.3. The highest BCUT2D eigenvalue weighted by atomic mass is 28.3. The fourth-order valence-corrected chi connectivity index (χ4v) is 13.5. The van der Waals surface area contributed by atoms with Gasteiger partial charge in [-0.2, -0.15) is 0 Å². The minimum absolute atomic E-state index is 0.00172. The number of amides is 2. The molecule has 56 heavy (non-hydrogen) atoms. The van der Waals surface area contributed by atoms with Gasteiger partial charge in [-0.1, -0.05) is 91.1 Å². The summed E-state index contributed by atoms with van der Waals surface area (Å²) in [6.45, 7) is 8.14. The van der Waals surface area contributed by atoms with E-state index < -0.39 is 13.7 Å². The molecule has 4 heterocycles. The van der Waals surface area contributed by atoms with Gasteiger partial charge in [0.15, 0.2) is 5.60 Å². The quantitative estimate of drug-likeness (QED) is 0.130. The molecule has 1 spiro atoms. The lowest BCUT2D eigenvalue weighted by Crippen LogP contribution is -2.51. The third kappa shape index (κ3) is 6.64. The molecular formula is C44H50N6O5Si. The van der Waals surface area contributed by atoms with E-state index in [1.165, 1.54) is 5.19 Å². The van der Waals surface area contributed by atoms with Gasteiger partial charge in [0.05, 0.1) is 51.2 Å². The van der Waals surface area contributed by atoms with Crippen LogP contribution in [0.5, 0.6) is 5.75 Å². The molecule has 8 rings (SSSR count). The van der Waals surface area contributed by atoms with E-state index >= 15 is 4.79 Å². The zero-order valence-electron chi connectivity index (χ0n) is 32.4. The fraction of sp³-hybridized carbons (Fsp3) is 0.364. The van der Waals surface area contributed by atoms with Gasteiger partial charge in [-0.05, 0) is 79.4 Å². The van der Waals surface area contributed by atoms with Crippen molar-refractivity contribution in [2.24, 2.45) is 5.92 Å². The molecule has 3 aliphatic rings. The standard InChI is InChI=1S/C44H50N6O5Si/c1-29-41(56(3,4)34-20-18-33(54-2)19-21-34)40(23-25-49-27-38(47-48-49)35(28-51)30-12-7-5-8-13-30)55-44(29)36-26-31(46-42(52)37-16-11-24-45-37)17-22-39(36)50(43(44)53)32-14-9-6-10-15-32/h5-10,12-15,17-22,26-27,29,35,37,40-41,45,51H,11,16,23-25,28H2,1-4H3,(H,46,52)/t29-,35?,37-,40+,41-,44+/m1/s1. The highest BCUT2D eigenvalue weighted by Gasteiger charge is 2.66. The summed E-state index contributed by atoms with van der Waals surface area (Å²) in [6, 6.07) is 33.4. The summed E-state index contributed by atoms with van der Waals surface area (Å²) in [5.74, 6) is 0.0631. The van der Waals surface area contributed by atoms with E-state index in [-0.39, 0.29) is 47.9 Å². The molecule has 1 aromatic heterocycles. The number of ether oxygens (including phenoxy) is 2. The third-order valence-electron chi connectivity index (χ3n) is 12.3. The van der Waals surface area contributed by atoms with Crippen LogP contribution in [0.25, 0.3) is 0 Å². The maximum Gasteiger partial charge on any atom is 0.268 e. The van der Waals surface area contributed by atoms with Crippen LogP contribution in [-0.4, -0.2) is 72.4 Å². The normalized spacial score (nSPS) is 23.7. The average Bonchev–Trinajstić information content (AvgIpc) is 4.03. The fourth-order valence-electron chi connectivity index (χ4n) is 9.45. The van der Waals surface area contributed by atoms with Gasteiger partial charge in [0.1, 0.15) is 5.75 Å². The molecular weight excluding hydrogens is 721 g/mol. The number of aliphatic hydroxyl groups is 1. The van der Waals surface area contributed by atoms with Crippen LogP contribution in [0.2, 0.25) is 18.6 Å². The van der Waals surface area contributed by atoms with E-state index in [2.05, 4.69) is 53.1 Å². The monoisotopic (exact) mass is 770 g/mol. The molecule has 1 unspecified atom stereocenters. The molecule has 2 fully saturated rings. The SMILES string of the molecule is COc1ccc([Si](C)(C)[C@H]2[C@H](CCn3cc(C(CO)c4ccccc4)nn3)O[C@@]3(C(=O)N(c4ccccc4)c4ccc(NC(=O)[C@H]5CCCN5)cc43)[C@@H]2C)cc1. The largest absolute Gasteiger partial charge is 0.497 e. The first kappa shape index (κ1) is 37.8. The maximum atomic E-state index is 15.3. The smallest absolute Gasteiger partial charge is 0.268 e. The Morgan fingerprint density at radius 1 is 1.05 bits per heavy atom. The first-order chi connectivity index (χ1) is 27.1. The number of carbonyl (C=O) groups excluding carboxylic acids is 2. The van der Waals surface area contributed by atoms with E-state index in [9.17, 15) is 9.90 Å². The summed E-state index contributed by atoms with van der Waals surface area (Å²) >= 11 is 0. The summed E-state index contributed by atoms with van der Waals surface area (Å²) < 4.78 is 14.7. The first-order valence-electron chi connectivity index (χ1n) is 19.6. The summed E-state index contributed by atoms with van der Waals surface area (Å²) in [5, 5.41) is 27.0. The number of nitrogens with one attached hydrogen (secondary N) is 2. The number of aryl methyl sites for hydroxylation is 1. The van der Waals surface area contributed by atoms with E-state index in [4.69, 9.17) is 9.47 Å². The van der Waals surface area contributed by atoms with Crippen LogP contribution in [0.15, 0.2) is 109 Å². The molecule has 0 aliphatic carbocycles. The predicted molar refractivity (Wildman–Crippen MR) is 219 cm³/mol. The van der Waals surface area contributed by atoms with Gasteiger partial charge in [-0.25, -0.2) is 0 Å². The van der Waals surface area contributed by atoms with Crippen molar-refractivity contribution in [3.05, 3.63) is 126 Å². The van der Waals surface area contributed by atoms with E-state index in [1.54, 1.807) is 12.0 Å². The van der Waals surface area contributed by atoms with Crippen LogP contribution in [0, 0.1) is 5.92 Å². The van der Waals surface area contributed by atoms with Gasteiger partial charge in [0.25, 0.3) is 5.91 Å². The summed E-state index contributed by atoms with van der Waals surface area (Å²) in [5.41, 5.74) is 3.27. The minimum Gasteiger partial charge on any atom is -0.497 e. The second kappa shape index (κ2) is 15.4. The van der Waals surface area contributed by atoms with Gasteiger partial charge in [-0.3, -0.25) is 19.2 Å². The van der Waals surface area contributed by atoms with Crippen LogP contribution in [-0.2, 0) is 26.5 Å². The number of nitrogens with zero attached hydrogens (tertiary/aromatic N) is 4. The average molecular weight is 771 g/mol. The first-order valence-corrected chi connectivity index (χ1v) is 22.7. The van der Waals surface area contributed by atoms with Gasteiger partial charge in [-0.15, -0.1) is 5.10 Å². The van der Waals surface area contributed by atoms with Gasteiger partial charge >= 0.3 is 0 Å². The molecule has 290 valence electrons. The number of carbonyl (C=O) groups is 2. The van der Waals surface area contributed by atoms with Crippen LogP contribution in [0.1, 0.15) is 48.9 Å². The number of fused-ring (bicyclic) bond motifs is 2. The topological polar surface area (TPSA) is 131 Å². The molecule has 12 heteroatoms. The van der Waals surface area contributed by atoms with Gasteiger partial charge in [0, 0.05) is 35.6 Å². The van der Waals surface area contributed by atoms with Crippen molar-refractivity contribution >= 4 is 42.1 Å². The number of benzene rings is 4.